The lowest BCUT2D eigenvalue weighted by molar-refractivity contribution is -0.204. The molecule has 0 aromatic carbocycles. The first-order chi connectivity index (χ1) is 15.2. The third-order valence-electron chi connectivity index (χ3n) is 13.6. The first-order valence-electron chi connectivity index (χ1n) is 13.8. The van der Waals surface area contributed by atoms with Crippen LogP contribution in [0.3, 0.4) is 0 Å². The lowest BCUT2D eigenvalue weighted by Crippen LogP contribution is -2.65. The Morgan fingerprint density at radius 3 is 2.33 bits per heavy atom. The van der Waals surface area contributed by atoms with Gasteiger partial charge in [-0.2, -0.15) is 0 Å². The predicted octanol–water partition coefficient (Wildman–Crippen LogP) is 6.68. The minimum absolute atomic E-state index is 0.000773. The normalized spacial score (nSPS) is 58.8. The molecule has 184 valence electrons. The first-order valence-corrected chi connectivity index (χ1v) is 13.8. The summed E-state index contributed by atoms with van der Waals surface area (Å²) in [5, 5.41) is 10.9. The van der Waals surface area contributed by atoms with E-state index in [-0.39, 0.29) is 50.7 Å². The first kappa shape index (κ1) is 22.6. The van der Waals surface area contributed by atoms with E-state index in [0.29, 0.717) is 17.8 Å². The maximum Gasteiger partial charge on any atom is 0.312 e. The highest BCUT2D eigenvalue weighted by molar-refractivity contribution is 5.79. The number of ether oxygens (including phenoxy) is 1. The van der Waals surface area contributed by atoms with E-state index in [2.05, 4.69) is 54.5 Å². The number of allylic oxidation sites excluding steroid dienone is 2. The van der Waals surface area contributed by atoms with Crippen molar-refractivity contribution in [3.63, 3.8) is 0 Å². The van der Waals surface area contributed by atoms with Crippen molar-refractivity contribution in [1.82, 2.24) is 0 Å². The SMILES string of the molecule is CC1(C)[C@@H](O)CC[C@]2(C)[C@H]3CC=C4[C@H]5C[C@@]6(C)C[C@H](OC6=O)[C@]5(C)CC[C@@]4(C)[C@]3(C)CC[C@@H]12. The minimum atomic E-state index is -0.293. The summed E-state index contributed by atoms with van der Waals surface area (Å²) >= 11 is 0. The monoisotopic (exact) mass is 454 g/mol. The van der Waals surface area contributed by atoms with Crippen molar-refractivity contribution in [2.45, 2.75) is 118 Å². The average Bonchev–Trinajstić information content (AvgIpc) is 3.00. The van der Waals surface area contributed by atoms with Gasteiger partial charge in [0.2, 0.25) is 0 Å². The van der Waals surface area contributed by atoms with E-state index in [1.807, 2.05) is 0 Å². The molecular formula is C30H46O3. The average molecular weight is 455 g/mol. The van der Waals surface area contributed by atoms with Gasteiger partial charge in [0, 0.05) is 11.8 Å². The number of carbonyl (C=O) groups excluding carboxylic acids is 1. The van der Waals surface area contributed by atoms with Crippen molar-refractivity contribution in [1.29, 1.82) is 0 Å². The number of aliphatic hydroxyl groups is 1. The Balaban J connectivity index is 1.43. The second kappa shape index (κ2) is 6.29. The Hall–Kier alpha value is -0.830. The van der Waals surface area contributed by atoms with Crippen LogP contribution in [0.4, 0.5) is 0 Å². The number of fused-ring (bicyclic) bond motifs is 10. The molecule has 3 heteroatoms. The third-order valence-corrected chi connectivity index (χ3v) is 13.6. The largest absolute Gasteiger partial charge is 0.461 e. The van der Waals surface area contributed by atoms with Gasteiger partial charge < -0.3 is 9.84 Å². The van der Waals surface area contributed by atoms with E-state index >= 15 is 0 Å². The van der Waals surface area contributed by atoms with Crippen LogP contribution >= 0.6 is 0 Å². The summed E-state index contributed by atoms with van der Waals surface area (Å²) in [6.45, 7) is 17.1. The van der Waals surface area contributed by atoms with Gasteiger partial charge in [-0.25, -0.2) is 0 Å². The fraction of sp³-hybridized carbons (Fsp3) is 0.900. The summed E-state index contributed by atoms with van der Waals surface area (Å²) in [6, 6.07) is 0. The summed E-state index contributed by atoms with van der Waals surface area (Å²) in [7, 11) is 0. The zero-order valence-corrected chi connectivity index (χ0v) is 22.1. The molecule has 2 bridgehead atoms. The highest BCUT2D eigenvalue weighted by Gasteiger charge is 2.70. The molecule has 0 amide bonds. The quantitative estimate of drug-likeness (QED) is 0.328. The lowest BCUT2D eigenvalue weighted by Gasteiger charge is -2.71. The van der Waals surface area contributed by atoms with Crippen molar-refractivity contribution < 1.29 is 14.6 Å². The maximum atomic E-state index is 12.8. The number of carbonyl (C=O) groups is 1. The number of rotatable bonds is 0. The van der Waals surface area contributed by atoms with Crippen LogP contribution in [0, 0.1) is 50.2 Å². The summed E-state index contributed by atoms with van der Waals surface area (Å²) in [5.74, 6) is 1.79. The van der Waals surface area contributed by atoms with E-state index < -0.39 is 0 Å². The van der Waals surface area contributed by atoms with Crippen molar-refractivity contribution in [2.24, 2.45) is 50.2 Å². The maximum absolute atomic E-state index is 12.8. The molecule has 1 N–H and O–H groups in total. The number of hydrogen-bond donors (Lipinski definition) is 1. The van der Waals surface area contributed by atoms with Crippen LogP contribution in [-0.2, 0) is 9.53 Å². The Labute approximate surface area is 201 Å². The molecule has 0 aromatic heterocycles. The van der Waals surface area contributed by atoms with Crippen LogP contribution in [0.5, 0.6) is 0 Å². The van der Waals surface area contributed by atoms with Crippen LogP contribution in [0.2, 0.25) is 0 Å². The third kappa shape index (κ3) is 2.44. The van der Waals surface area contributed by atoms with Gasteiger partial charge in [0.15, 0.2) is 0 Å². The molecule has 1 heterocycles. The van der Waals surface area contributed by atoms with E-state index in [4.69, 9.17) is 4.74 Å². The topological polar surface area (TPSA) is 46.5 Å². The van der Waals surface area contributed by atoms with Gasteiger partial charge >= 0.3 is 5.97 Å². The van der Waals surface area contributed by atoms with Gasteiger partial charge in [-0.05, 0) is 97.7 Å². The molecular weight excluding hydrogens is 408 g/mol. The Morgan fingerprint density at radius 1 is 0.879 bits per heavy atom. The van der Waals surface area contributed by atoms with E-state index in [1.165, 1.54) is 32.1 Å². The van der Waals surface area contributed by atoms with E-state index in [9.17, 15) is 9.90 Å². The van der Waals surface area contributed by atoms with Gasteiger partial charge in [0.05, 0.1) is 11.5 Å². The molecule has 0 radical (unpaired) electrons. The Kier molecular flexibility index (Phi) is 4.31. The van der Waals surface area contributed by atoms with Crippen LogP contribution in [0.25, 0.3) is 0 Å². The van der Waals surface area contributed by atoms with Gasteiger partial charge in [0.25, 0.3) is 0 Å². The molecule has 0 aromatic rings. The molecule has 6 rings (SSSR count). The van der Waals surface area contributed by atoms with Crippen molar-refractivity contribution >= 4 is 5.97 Å². The molecule has 4 saturated carbocycles. The molecule has 6 aliphatic rings. The number of esters is 1. The zero-order chi connectivity index (χ0) is 23.8. The van der Waals surface area contributed by atoms with Crippen molar-refractivity contribution in [2.75, 3.05) is 0 Å². The molecule has 3 nitrogen and oxygen atoms in total. The van der Waals surface area contributed by atoms with Gasteiger partial charge in [-0.15, -0.1) is 0 Å². The van der Waals surface area contributed by atoms with Crippen LogP contribution in [0.1, 0.15) is 106 Å². The predicted molar refractivity (Wildman–Crippen MR) is 130 cm³/mol. The Morgan fingerprint density at radius 2 is 1.61 bits per heavy atom. The number of hydrogen-bond acceptors (Lipinski definition) is 3. The number of aliphatic hydroxyl groups excluding tert-OH is 1. The fourth-order valence-corrected chi connectivity index (χ4v) is 11.1. The van der Waals surface area contributed by atoms with Crippen LogP contribution in [-0.4, -0.2) is 23.3 Å². The molecule has 0 unspecified atom stereocenters. The lowest BCUT2D eigenvalue weighted by atomic mass is 9.33. The molecule has 5 fully saturated rings. The fourth-order valence-electron chi connectivity index (χ4n) is 11.1. The zero-order valence-electron chi connectivity index (χ0n) is 22.1. The molecule has 5 aliphatic carbocycles. The van der Waals surface area contributed by atoms with Crippen LogP contribution < -0.4 is 0 Å². The molecule has 33 heavy (non-hydrogen) atoms. The summed E-state index contributed by atoms with van der Waals surface area (Å²) in [4.78, 5) is 12.8. The summed E-state index contributed by atoms with van der Waals surface area (Å²) in [5.41, 5.74) is 2.25. The van der Waals surface area contributed by atoms with E-state index in [0.717, 1.165) is 25.7 Å². The molecule has 1 aliphatic heterocycles. The summed E-state index contributed by atoms with van der Waals surface area (Å²) in [6.07, 6.45) is 12.6. The van der Waals surface area contributed by atoms with Crippen molar-refractivity contribution in [3.8, 4) is 0 Å². The standard InChI is InChI=1S/C30H46O3/c1-25(2)20-10-13-30(7)21(28(20,5)12-11-22(25)31)9-8-18-19-16-26(3)17-23(33-24(26)32)27(19,4)14-15-29(18,30)6/h8,19-23,31H,9-17H2,1-7H3/t19-,20+,21-,22+,23+,26+,27-,28+,29-,30-/m1/s1. The highest BCUT2D eigenvalue weighted by atomic mass is 16.6. The van der Waals surface area contributed by atoms with Crippen LogP contribution in [0.15, 0.2) is 11.6 Å². The highest BCUT2D eigenvalue weighted by Crippen LogP contribution is 2.76. The molecule has 1 saturated heterocycles. The molecule has 10 atom stereocenters. The van der Waals surface area contributed by atoms with Gasteiger partial charge in [-0.3, -0.25) is 4.79 Å². The minimum Gasteiger partial charge on any atom is -0.461 e. The smallest absolute Gasteiger partial charge is 0.312 e. The van der Waals surface area contributed by atoms with Gasteiger partial charge in [0.1, 0.15) is 6.10 Å². The van der Waals surface area contributed by atoms with Gasteiger partial charge in [-0.1, -0.05) is 53.2 Å². The van der Waals surface area contributed by atoms with E-state index in [1.54, 1.807) is 5.57 Å². The second-order valence-corrected chi connectivity index (χ2v) is 15.1. The summed E-state index contributed by atoms with van der Waals surface area (Å²) < 4.78 is 6.03. The Bertz CT molecular complexity index is 935. The second-order valence-electron chi connectivity index (χ2n) is 15.1. The molecule has 0 spiro atoms. The van der Waals surface area contributed by atoms with Crippen molar-refractivity contribution in [3.05, 3.63) is 11.6 Å².